The monoisotopic (exact) mass is 337 g/mol. The van der Waals surface area contributed by atoms with E-state index in [2.05, 4.69) is 0 Å². The summed E-state index contributed by atoms with van der Waals surface area (Å²) in [6, 6.07) is 13.6. The van der Waals surface area contributed by atoms with Crippen LogP contribution in [0.5, 0.6) is 11.5 Å². The third-order valence-electron chi connectivity index (χ3n) is 3.99. The first-order valence-electron chi connectivity index (χ1n) is 8.16. The summed E-state index contributed by atoms with van der Waals surface area (Å²) in [5, 5.41) is 0.973. The smallest absolute Gasteiger partial charge is 0.419 e. The lowest BCUT2D eigenvalue weighted by Gasteiger charge is -2.20. The van der Waals surface area contributed by atoms with Crippen molar-refractivity contribution in [2.24, 2.45) is 0 Å². The summed E-state index contributed by atoms with van der Waals surface area (Å²) in [5.41, 5.74) is 2.15. The van der Waals surface area contributed by atoms with Crippen LogP contribution in [0.15, 0.2) is 48.7 Å². The normalized spacial score (nSPS) is 13.2. The minimum absolute atomic E-state index is 0.233. The molecule has 1 aliphatic heterocycles. The Hall–Kier alpha value is -2.95. The number of benzene rings is 2. The van der Waals surface area contributed by atoms with Gasteiger partial charge >= 0.3 is 6.09 Å². The van der Waals surface area contributed by atoms with Gasteiger partial charge in [0, 0.05) is 17.1 Å². The van der Waals surface area contributed by atoms with Crippen LogP contribution in [0.2, 0.25) is 0 Å². The van der Waals surface area contributed by atoms with Crippen LogP contribution in [0.4, 0.5) is 4.79 Å². The first-order valence-corrected chi connectivity index (χ1v) is 8.16. The lowest BCUT2D eigenvalue weighted by molar-refractivity contribution is 0.0544. The molecule has 0 spiro atoms. The van der Waals surface area contributed by atoms with E-state index >= 15 is 0 Å². The van der Waals surface area contributed by atoms with Crippen molar-refractivity contribution in [1.29, 1.82) is 0 Å². The summed E-state index contributed by atoms with van der Waals surface area (Å²) in [6.45, 7) is 5.80. The van der Waals surface area contributed by atoms with Crippen molar-refractivity contribution in [3.63, 3.8) is 0 Å². The predicted molar refractivity (Wildman–Crippen MR) is 95.1 cm³/mol. The number of ether oxygens (including phenoxy) is 3. The molecule has 0 saturated carbocycles. The fourth-order valence-corrected chi connectivity index (χ4v) is 2.95. The van der Waals surface area contributed by atoms with Crippen molar-refractivity contribution in [2.45, 2.75) is 26.4 Å². The van der Waals surface area contributed by atoms with Gasteiger partial charge in [0.2, 0.25) is 6.79 Å². The maximum atomic E-state index is 12.6. The molecule has 1 aliphatic rings. The number of rotatable bonds is 1. The van der Waals surface area contributed by atoms with Gasteiger partial charge in [0.25, 0.3) is 0 Å². The van der Waals surface area contributed by atoms with Gasteiger partial charge in [0.1, 0.15) is 5.60 Å². The average molecular weight is 337 g/mol. The SMILES string of the molecule is CC(C)(C)OC(=O)n1ccc2cccc(-c3ccc4c(c3)OCO4)c21. The van der Waals surface area contributed by atoms with Crippen molar-refractivity contribution in [2.75, 3.05) is 6.79 Å². The summed E-state index contributed by atoms with van der Waals surface area (Å²) < 4.78 is 17.9. The van der Waals surface area contributed by atoms with Crippen LogP contribution in [-0.4, -0.2) is 23.1 Å². The highest BCUT2D eigenvalue weighted by Crippen LogP contribution is 2.38. The highest BCUT2D eigenvalue weighted by atomic mass is 16.7. The number of carbonyl (C=O) groups is 1. The van der Waals surface area contributed by atoms with Crippen LogP contribution in [0.3, 0.4) is 0 Å². The predicted octanol–water partition coefficient (Wildman–Crippen LogP) is 4.82. The third-order valence-corrected chi connectivity index (χ3v) is 3.99. The fraction of sp³-hybridized carbons (Fsp3) is 0.250. The molecule has 0 fully saturated rings. The van der Waals surface area contributed by atoms with Crippen LogP contribution in [0.25, 0.3) is 22.0 Å². The summed E-state index contributed by atoms with van der Waals surface area (Å²) in [7, 11) is 0. The van der Waals surface area contributed by atoms with Gasteiger partial charge in [-0.15, -0.1) is 0 Å². The van der Waals surface area contributed by atoms with Crippen LogP contribution in [0, 0.1) is 0 Å². The molecule has 0 bridgehead atoms. The summed E-state index contributed by atoms with van der Waals surface area (Å²) >= 11 is 0. The molecular weight excluding hydrogens is 318 g/mol. The Kier molecular flexibility index (Phi) is 3.46. The van der Waals surface area contributed by atoms with Crippen molar-refractivity contribution in [3.8, 4) is 22.6 Å². The van der Waals surface area contributed by atoms with E-state index < -0.39 is 11.7 Å². The van der Waals surface area contributed by atoms with Gasteiger partial charge < -0.3 is 14.2 Å². The van der Waals surface area contributed by atoms with Gasteiger partial charge in [-0.1, -0.05) is 24.3 Å². The molecule has 5 nitrogen and oxygen atoms in total. The van der Waals surface area contributed by atoms with Crippen LogP contribution < -0.4 is 9.47 Å². The summed E-state index contributed by atoms with van der Waals surface area (Å²) in [4.78, 5) is 12.6. The maximum absolute atomic E-state index is 12.6. The number of aromatic nitrogens is 1. The number of carbonyl (C=O) groups excluding carboxylic acids is 1. The molecule has 1 aromatic heterocycles. The van der Waals surface area contributed by atoms with E-state index in [0.29, 0.717) is 5.75 Å². The van der Waals surface area contributed by atoms with Crippen LogP contribution in [-0.2, 0) is 4.74 Å². The highest BCUT2D eigenvalue weighted by Gasteiger charge is 2.21. The second kappa shape index (κ2) is 5.55. The number of hydrogen-bond acceptors (Lipinski definition) is 4. The van der Waals surface area contributed by atoms with Gasteiger partial charge in [-0.05, 0) is 44.5 Å². The fourth-order valence-electron chi connectivity index (χ4n) is 2.95. The number of para-hydroxylation sites is 1. The molecule has 0 unspecified atom stereocenters. The molecule has 128 valence electrons. The van der Waals surface area contributed by atoms with Crippen molar-refractivity contribution in [3.05, 3.63) is 48.7 Å². The minimum atomic E-state index is -0.554. The Balaban J connectivity index is 1.85. The molecule has 4 rings (SSSR count). The Morgan fingerprint density at radius 1 is 1.08 bits per heavy atom. The summed E-state index contributed by atoms with van der Waals surface area (Å²) in [5.74, 6) is 1.45. The molecule has 0 atom stereocenters. The number of fused-ring (bicyclic) bond motifs is 2. The molecule has 0 radical (unpaired) electrons. The second-order valence-electron chi connectivity index (χ2n) is 6.98. The number of nitrogens with zero attached hydrogens (tertiary/aromatic N) is 1. The van der Waals surface area contributed by atoms with Gasteiger partial charge in [-0.2, -0.15) is 0 Å². The Morgan fingerprint density at radius 2 is 1.88 bits per heavy atom. The molecule has 0 saturated heterocycles. The molecule has 2 aromatic carbocycles. The maximum Gasteiger partial charge on any atom is 0.419 e. The third kappa shape index (κ3) is 2.82. The molecular formula is C20H19NO4. The average Bonchev–Trinajstić information content (AvgIpc) is 3.18. The Morgan fingerprint density at radius 3 is 2.68 bits per heavy atom. The highest BCUT2D eigenvalue weighted by molar-refractivity contribution is 5.99. The Bertz CT molecular complexity index is 965. The zero-order valence-corrected chi connectivity index (χ0v) is 14.4. The van der Waals surface area contributed by atoms with Gasteiger partial charge in [-0.25, -0.2) is 4.79 Å². The first-order chi connectivity index (χ1) is 11.9. The molecule has 3 aromatic rings. The Labute approximate surface area is 145 Å². The zero-order valence-electron chi connectivity index (χ0n) is 14.4. The topological polar surface area (TPSA) is 49.7 Å². The largest absolute Gasteiger partial charge is 0.454 e. The molecule has 2 heterocycles. The van der Waals surface area contributed by atoms with Crippen molar-refractivity contribution in [1.82, 2.24) is 4.57 Å². The second-order valence-corrected chi connectivity index (χ2v) is 6.98. The van der Waals surface area contributed by atoms with E-state index in [-0.39, 0.29) is 6.79 Å². The van der Waals surface area contributed by atoms with Crippen LogP contribution >= 0.6 is 0 Å². The standard InChI is InChI=1S/C20H19NO4/c1-20(2,3)25-19(22)21-10-9-13-5-4-6-15(18(13)21)14-7-8-16-17(11-14)24-12-23-16/h4-11H,12H2,1-3H3. The van der Waals surface area contributed by atoms with E-state index in [1.807, 2.05) is 63.2 Å². The van der Waals surface area contributed by atoms with E-state index in [1.54, 1.807) is 10.8 Å². The zero-order chi connectivity index (χ0) is 17.6. The number of hydrogen-bond donors (Lipinski definition) is 0. The molecule has 0 aliphatic carbocycles. The lowest BCUT2D eigenvalue weighted by Crippen LogP contribution is -2.26. The van der Waals surface area contributed by atoms with Gasteiger partial charge in [0.05, 0.1) is 5.52 Å². The van der Waals surface area contributed by atoms with E-state index in [0.717, 1.165) is 27.8 Å². The quantitative estimate of drug-likeness (QED) is 0.639. The van der Waals surface area contributed by atoms with E-state index in [1.165, 1.54) is 0 Å². The van der Waals surface area contributed by atoms with E-state index in [9.17, 15) is 4.79 Å². The van der Waals surface area contributed by atoms with Gasteiger partial charge in [0.15, 0.2) is 11.5 Å². The summed E-state index contributed by atoms with van der Waals surface area (Å²) in [6.07, 6.45) is 1.35. The molecule has 0 N–H and O–H groups in total. The molecule has 25 heavy (non-hydrogen) atoms. The molecule has 5 heteroatoms. The van der Waals surface area contributed by atoms with E-state index in [4.69, 9.17) is 14.2 Å². The minimum Gasteiger partial charge on any atom is -0.454 e. The lowest BCUT2D eigenvalue weighted by atomic mass is 10.0. The van der Waals surface area contributed by atoms with Crippen molar-refractivity contribution < 1.29 is 19.0 Å². The van der Waals surface area contributed by atoms with Gasteiger partial charge in [-0.3, -0.25) is 4.57 Å². The first kappa shape index (κ1) is 15.6. The van der Waals surface area contributed by atoms with Crippen molar-refractivity contribution >= 4 is 17.0 Å². The molecule has 0 amide bonds. The van der Waals surface area contributed by atoms with Crippen LogP contribution in [0.1, 0.15) is 20.8 Å².